The van der Waals surface area contributed by atoms with E-state index in [1.165, 1.54) is 11.9 Å². The third kappa shape index (κ3) is 4.61. The maximum Gasteiger partial charge on any atom is 0.260 e. The SMILES string of the molecule is CCNC(=O)CN(C)C(=O)COc1ccccc1C#N. The topological polar surface area (TPSA) is 82.4 Å². The number of para-hydroxylation sites is 1. The molecule has 0 aliphatic rings. The summed E-state index contributed by atoms with van der Waals surface area (Å²) < 4.78 is 5.31. The first-order valence-electron chi connectivity index (χ1n) is 6.21. The fraction of sp³-hybridized carbons (Fsp3) is 0.357. The second-order valence-corrected chi connectivity index (χ2v) is 4.10. The molecular weight excluding hydrogens is 258 g/mol. The molecule has 0 aliphatic carbocycles. The molecule has 2 amide bonds. The molecule has 0 unspecified atom stereocenters. The van der Waals surface area contributed by atoms with E-state index in [0.717, 1.165) is 0 Å². The van der Waals surface area contributed by atoms with Crippen LogP contribution < -0.4 is 10.1 Å². The van der Waals surface area contributed by atoms with Crippen molar-refractivity contribution in [3.8, 4) is 11.8 Å². The van der Waals surface area contributed by atoms with Crippen LogP contribution >= 0.6 is 0 Å². The predicted octanol–water partition coefficient (Wildman–Crippen LogP) is 0.532. The summed E-state index contributed by atoms with van der Waals surface area (Å²) in [4.78, 5) is 24.4. The van der Waals surface area contributed by atoms with Crippen LogP contribution in [0.25, 0.3) is 0 Å². The molecule has 1 N–H and O–H groups in total. The summed E-state index contributed by atoms with van der Waals surface area (Å²) in [6.07, 6.45) is 0. The molecule has 0 atom stereocenters. The van der Waals surface area contributed by atoms with Crippen LogP contribution in [0, 0.1) is 11.3 Å². The van der Waals surface area contributed by atoms with Crippen molar-refractivity contribution in [1.82, 2.24) is 10.2 Å². The van der Waals surface area contributed by atoms with Crippen LogP contribution in [0.4, 0.5) is 0 Å². The molecule has 0 aromatic heterocycles. The Morgan fingerprint density at radius 1 is 1.40 bits per heavy atom. The van der Waals surface area contributed by atoms with Gasteiger partial charge in [-0.25, -0.2) is 0 Å². The minimum atomic E-state index is -0.330. The van der Waals surface area contributed by atoms with Gasteiger partial charge in [0.15, 0.2) is 6.61 Å². The van der Waals surface area contributed by atoms with Gasteiger partial charge >= 0.3 is 0 Å². The number of likely N-dealkylation sites (N-methyl/N-ethyl adjacent to an activating group) is 2. The van der Waals surface area contributed by atoms with Gasteiger partial charge in [-0.15, -0.1) is 0 Å². The Morgan fingerprint density at radius 2 is 2.10 bits per heavy atom. The summed E-state index contributed by atoms with van der Waals surface area (Å²) in [6.45, 7) is 2.10. The van der Waals surface area contributed by atoms with Crippen molar-refractivity contribution in [1.29, 1.82) is 5.26 Å². The maximum atomic E-state index is 11.8. The lowest BCUT2D eigenvalue weighted by molar-refractivity contribution is -0.136. The molecule has 106 valence electrons. The zero-order valence-electron chi connectivity index (χ0n) is 11.5. The quantitative estimate of drug-likeness (QED) is 0.821. The fourth-order valence-electron chi connectivity index (χ4n) is 1.49. The molecular formula is C14H17N3O3. The van der Waals surface area contributed by atoms with E-state index in [0.29, 0.717) is 17.9 Å². The van der Waals surface area contributed by atoms with Crippen molar-refractivity contribution in [2.24, 2.45) is 0 Å². The number of carbonyl (C=O) groups excluding carboxylic acids is 2. The van der Waals surface area contributed by atoms with Crippen LogP contribution in [0.5, 0.6) is 5.75 Å². The maximum absolute atomic E-state index is 11.8. The van der Waals surface area contributed by atoms with Crippen molar-refractivity contribution in [3.63, 3.8) is 0 Å². The van der Waals surface area contributed by atoms with Gasteiger partial charge in [-0.05, 0) is 19.1 Å². The van der Waals surface area contributed by atoms with E-state index in [9.17, 15) is 9.59 Å². The van der Waals surface area contributed by atoms with Gasteiger partial charge in [0, 0.05) is 13.6 Å². The number of nitrogens with one attached hydrogen (secondary N) is 1. The van der Waals surface area contributed by atoms with Crippen LogP contribution in [0.1, 0.15) is 12.5 Å². The summed E-state index contributed by atoms with van der Waals surface area (Å²) in [5.41, 5.74) is 0.367. The Hall–Kier alpha value is -2.55. The first-order chi connectivity index (χ1) is 9.58. The minimum Gasteiger partial charge on any atom is -0.482 e. The van der Waals surface area contributed by atoms with Gasteiger partial charge in [-0.2, -0.15) is 5.26 Å². The highest BCUT2D eigenvalue weighted by molar-refractivity contribution is 5.85. The zero-order chi connectivity index (χ0) is 15.0. The number of amides is 2. The molecule has 0 saturated carbocycles. The summed E-state index contributed by atoms with van der Waals surface area (Å²) in [5.74, 6) is -0.195. The van der Waals surface area contributed by atoms with Crippen LogP contribution in [0.2, 0.25) is 0 Å². The second-order valence-electron chi connectivity index (χ2n) is 4.10. The van der Waals surface area contributed by atoms with E-state index in [2.05, 4.69) is 5.32 Å². The number of carbonyl (C=O) groups is 2. The first kappa shape index (κ1) is 15.5. The largest absolute Gasteiger partial charge is 0.482 e. The fourth-order valence-corrected chi connectivity index (χ4v) is 1.49. The van der Waals surface area contributed by atoms with Crippen molar-refractivity contribution in [2.45, 2.75) is 6.92 Å². The number of hydrogen-bond donors (Lipinski definition) is 1. The highest BCUT2D eigenvalue weighted by atomic mass is 16.5. The molecule has 0 aliphatic heterocycles. The number of nitrogens with zero attached hydrogens (tertiary/aromatic N) is 2. The molecule has 1 aromatic carbocycles. The zero-order valence-corrected chi connectivity index (χ0v) is 11.5. The Kier molecular flexibility index (Phi) is 6.04. The molecule has 0 radical (unpaired) electrons. The lowest BCUT2D eigenvalue weighted by Crippen LogP contribution is -2.40. The van der Waals surface area contributed by atoms with Crippen LogP contribution in [-0.4, -0.2) is 43.5 Å². The van der Waals surface area contributed by atoms with Crippen molar-refractivity contribution >= 4 is 11.8 Å². The van der Waals surface area contributed by atoms with Crippen LogP contribution in [-0.2, 0) is 9.59 Å². The average molecular weight is 275 g/mol. The third-order valence-corrected chi connectivity index (χ3v) is 2.54. The molecule has 1 aromatic rings. The molecule has 0 spiro atoms. The number of nitriles is 1. The monoisotopic (exact) mass is 275 g/mol. The van der Waals surface area contributed by atoms with Crippen molar-refractivity contribution < 1.29 is 14.3 Å². The smallest absolute Gasteiger partial charge is 0.260 e. The van der Waals surface area contributed by atoms with E-state index in [-0.39, 0.29) is 25.0 Å². The van der Waals surface area contributed by atoms with Crippen molar-refractivity contribution in [3.05, 3.63) is 29.8 Å². The van der Waals surface area contributed by atoms with Crippen LogP contribution in [0.15, 0.2) is 24.3 Å². The second kappa shape index (κ2) is 7.79. The van der Waals surface area contributed by atoms with E-state index in [4.69, 9.17) is 10.00 Å². The summed E-state index contributed by atoms with van der Waals surface area (Å²) in [7, 11) is 1.52. The molecule has 6 heteroatoms. The van der Waals surface area contributed by atoms with Gasteiger partial charge in [0.25, 0.3) is 5.91 Å². The van der Waals surface area contributed by atoms with E-state index in [1.54, 1.807) is 24.3 Å². The number of benzene rings is 1. The third-order valence-electron chi connectivity index (χ3n) is 2.54. The number of hydrogen-bond acceptors (Lipinski definition) is 4. The lowest BCUT2D eigenvalue weighted by atomic mass is 10.2. The summed E-state index contributed by atoms with van der Waals surface area (Å²) in [5, 5.41) is 11.5. The Morgan fingerprint density at radius 3 is 2.75 bits per heavy atom. The summed E-state index contributed by atoms with van der Waals surface area (Å²) in [6, 6.07) is 8.65. The standard InChI is InChI=1S/C14H17N3O3/c1-3-16-13(18)9-17(2)14(19)10-20-12-7-5-4-6-11(12)8-15/h4-7H,3,9-10H2,1-2H3,(H,16,18). The average Bonchev–Trinajstić information content (AvgIpc) is 2.45. The van der Waals surface area contributed by atoms with Gasteiger partial charge in [0.1, 0.15) is 11.8 Å². The molecule has 0 fully saturated rings. The van der Waals surface area contributed by atoms with Gasteiger partial charge in [-0.3, -0.25) is 9.59 Å². The van der Waals surface area contributed by atoms with E-state index in [1.807, 2.05) is 13.0 Å². The molecule has 1 rings (SSSR count). The molecule has 0 saturated heterocycles. The van der Waals surface area contributed by atoms with Gasteiger partial charge in [-0.1, -0.05) is 12.1 Å². The highest BCUT2D eigenvalue weighted by Gasteiger charge is 2.13. The lowest BCUT2D eigenvalue weighted by Gasteiger charge is -2.17. The minimum absolute atomic E-state index is 0.0179. The van der Waals surface area contributed by atoms with Gasteiger partial charge in [0.05, 0.1) is 12.1 Å². The van der Waals surface area contributed by atoms with E-state index >= 15 is 0 Å². The predicted molar refractivity (Wildman–Crippen MR) is 73.0 cm³/mol. The normalized spacial score (nSPS) is 9.45. The molecule has 0 heterocycles. The summed E-state index contributed by atoms with van der Waals surface area (Å²) >= 11 is 0. The Labute approximate surface area is 117 Å². The Bertz CT molecular complexity index is 523. The highest BCUT2D eigenvalue weighted by Crippen LogP contribution is 2.16. The van der Waals surface area contributed by atoms with Crippen molar-refractivity contribution in [2.75, 3.05) is 26.7 Å². The van der Waals surface area contributed by atoms with Gasteiger partial charge in [0.2, 0.25) is 5.91 Å². The molecule has 20 heavy (non-hydrogen) atoms. The number of rotatable bonds is 6. The Balaban J connectivity index is 2.51. The van der Waals surface area contributed by atoms with Crippen LogP contribution in [0.3, 0.4) is 0 Å². The molecule has 0 bridgehead atoms. The molecule has 6 nitrogen and oxygen atoms in total. The first-order valence-corrected chi connectivity index (χ1v) is 6.21. The van der Waals surface area contributed by atoms with E-state index < -0.39 is 0 Å². The number of ether oxygens (including phenoxy) is 1. The van der Waals surface area contributed by atoms with Gasteiger partial charge < -0.3 is 15.0 Å².